The lowest BCUT2D eigenvalue weighted by Crippen LogP contribution is -2.60. The third-order valence-electron chi connectivity index (χ3n) is 6.76. The number of nitrogens with one attached hydrogen (secondary N) is 2. The average molecular weight is 427 g/mol. The van der Waals surface area contributed by atoms with E-state index in [4.69, 9.17) is 0 Å². The number of carbonyl (C=O) groups excluding carboxylic acids is 1. The first-order valence-corrected chi connectivity index (χ1v) is 10.1. The van der Waals surface area contributed by atoms with Crippen LogP contribution in [-0.2, 0) is 11.0 Å². The van der Waals surface area contributed by atoms with Gasteiger partial charge in [-0.2, -0.15) is 13.2 Å². The van der Waals surface area contributed by atoms with E-state index in [9.17, 15) is 33.2 Å². The van der Waals surface area contributed by atoms with E-state index >= 15 is 0 Å². The van der Waals surface area contributed by atoms with Crippen LogP contribution in [0.1, 0.15) is 44.1 Å². The largest absolute Gasteiger partial charge is 0.416 e. The molecule has 0 aliphatic heterocycles. The number of hydrogen-bond acceptors (Lipinski definition) is 5. The highest BCUT2D eigenvalue weighted by molar-refractivity contribution is 5.83. The summed E-state index contributed by atoms with van der Waals surface area (Å²) in [5.41, 5.74) is -3.10. The van der Waals surface area contributed by atoms with Crippen LogP contribution < -0.4 is 10.6 Å². The Kier molecular flexibility index (Phi) is 4.95. The molecular weight excluding hydrogens is 403 g/mol. The van der Waals surface area contributed by atoms with Crippen LogP contribution in [0, 0.1) is 27.4 Å². The Labute approximate surface area is 171 Å². The van der Waals surface area contributed by atoms with Gasteiger partial charge in [0.1, 0.15) is 5.69 Å². The highest BCUT2D eigenvalue weighted by atomic mass is 19.4. The first-order valence-electron chi connectivity index (χ1n) is 10.1. The molecule has 0 radical (unpaired) electrons. The van der Waals surface area contributed by atoms with Crippen molar-refractivity contribution in [2.45, 2.75) is 50.3 Å². The Balaban J connectivity index is 1.35. The lowest BCUT2D eigenvalue weighted by atomic mass is 9.47. The molecule has 1 aromatic carbocycles. The zero-order valence-corrected chi connectivity index (χ0v) is 16.3. The van der Waals surface area contributed by atoms with Gasteiger partial charge in [0, 0.05) is 19.2 Å². The van der Waals surface area contributed by atoms with Crippen LogP contribution in [0.25, 0.3) is 0 Å². The lowest BCUT2D eigenvalue weighted by molar-refractivity contribution is -0.384. The van der Waals surface area contributed by atoms with Crippen molar-refractivity contribution in [2.24, 2.45) is 17.3 Å². The average Bonchev–Trinajstić information content (AvgIpc) is 2.62. The zero-order chi connectivity index (χ0) is 21.7. The normalized spacial score (nSPS) is 32.1. The highest BCUT2D eigenvalue weighted by Gasteiger charge is 2.60. The van der Waals surface area contributed by atoms with Crippen molar-refractivity contribution < 1.29 is 28.0 Å². The first-order chi connectivity index (χ1) is 14.0. The van der Waals surface area contributed by atoms with Crippen molar-refractivity contribution in [3.63, 3.8) is 0 Å². The number of hydrogen-bond donors (Lipinski definition) is 3. The molecule has 30 heavy (non-hydrogen) atoms. The maximum Gasteiger partial charge on any atom is 0.416 e. The van der Waals surface area contributed by atoms with Gasteiger partial charge in [0.25, 0.3) is 5.69 Å². The molecule has 1 amide bonds. The van der Waals surface area contributed by atoms with Crippen molar-refractivity contribution >= 4 is 17.3 Å². The number of nitro groups is 1. The fourth-order valence-corrected chi connectivity index (χ4v) is 6.05. The summed E-state index contributed by atoms with van der Waals surface area (Å²) in [4.78, 5) is 23.2. The first kappa shape index (κ1) is 20.9. The third kappa shape index (κ3) is 3.84. The number of aliphatic hydroxyl groups is 1. The molecule has 4 fully saturated rings. The zero-order valence-electron chi connectivity index (χ0n) is 16.3. The molecule has 1 aromatic rings. The van der Waals surface area contributed by atoms with E-state index in [1.807, 2.05) is 0 Å². The van der Waals surface area contributed by atoms with Gasteiger partial charge in [-0.15, -0.1) is 0 Å². The minimum absolute atomic E-state index is 0.0358. The molecule has 4 aliphatic carbocycles. The summed E-state index contributed by atoms with van der Waals surface area (Å²) in [5.74, 6) is 0.628. The molecule has 4 saturated carbocycles. The molecule has 0 heterocycles. The van der Waals surface area contributed by atoms with Crippen LogP contribution in [-0.4, -0.2) is 34.6 Å². The Morgan fingerprint density at radius 1 is 1.20 bits per heavy atom. The standard InChI is InChI=1S/C20H24F3N3O4/c21-20(22,23)14-1-2-15(16(6-14)26(29)30)24-3-4-25-17(27)18-7-12-5-13(8-18)10-19(28,9-12)11-18/h1-2,6,12-13,24,28H,3-5,7-11H2,(H,25,27). The van der Waals surface area contributed by atoms with Crippen molar-refractivity contribution in [2.75, 3.05) is 18.4 Å². The number of alkyl halides is 3. The highest BCUT2D eigenvalue weighted by Crippen LogP contribution is 2.61. The minimum Gasteiger partial charge on any atom is -0.390 e. The number of rotatable bonds is 6. The predicted molar refractivity (Wildman–Crippen MR) is 102 cm³/mol. The molecule has 3 N–H and O–H groups in total. The predicted octanol–water partition coefficient (Wildman–Crippen LogP) is 3.47. The van der Waals surface area contributed by atoms with Gasteiger partial charge in [-0.3, -0.25) is 14.9 Å². The maximum atomic E-state index is 12.9. The quantitative estimate of drug-likeness (QED) is 0.366. The Morgan fingerprint density at radius 2 is 1.87 bits per heavy atom. The van der Waals surface area contributed by atoms with Crippen molar-refractivity contribution in [3.8, 4) is 0 Å². The second kappa shape index (κ2) is 7.11. The number of carbonyl (C=O) groups is 1. The molecular formula is C20H24F3N3O4. The van der Waals surface area contributed by atoms with Gasteiger partial charge in [0.15, 0.2) is 0 Å². The number of anilines is 1. The molecule has 0 aromatic heterocycles. The fraction of sp³-hybridized carbons (Fsp3) is 0.650. The number of nitro benzene ring substituents is 1. The molecule has 2 atom stereocenters. The maximum absolute atomic E-state index is 12.9. The smallest absolute Gasteiger partial charge is 0.390 e. The fourth-order valence-electron chi connectivity index (χ4n) is 6.05. The van der Waals surface area contributed by atoms with Gasteiger partial charge in [0.05, 0.1) is 21.5 Å². The van der Waals surface area contributed by atoms with Gasteiger partial charge in [0.2, 0.25) is 5.91 Å². The van der Waals surface area contributed by atoms with Crippen LogP contribution in [0.15, 0.2) is 18.2 Å². The number of amides is 1. The SMILES string of the molecule is O=C(NCCNc1ccc(C(F)(F)F)cc1[N+](=O)[O-])C12CC3CC(CC(O)(C3)C1)C2. The van der Waals surface area contributed by atoms with Crippen molar-refractivity contribution in [3.05, 3.63) is 33.9 Å². The van der Waals surface area contributed by atoms with E-state index < -0.39 is 33.4 Å². The summed E-state index contributed by atoms with van der Waals surface area (Å²) < 4.78 is 38.4. The minimum atomic E-state index is -4.67. The topological polar surface area (TPSA) is 104 Å². The van der Waals surface area contributed by atoms with E-state index in [0.717, 1.165) is 44.2 Å². The molecule has 4 bridgehead atoms. The van der Waals surface area contributed by atoms with E-state index in [1.165, 1.54) is 0 Å². The number of halogens is 3. The van der Waals surface area contributed by atoms with Gasteiger partial charge in [-0.25, -0.2) is 0 Å². The van der Waals surface area contributed by atoms with Crippen molar-refractivity contribution in [1.29, 1.82) is 0 Å². The number of nitrogens with zero attached hydrogens (tertiary/aromatic N) is 1. The van der Waals surface area contributed by atoms with Crippen LogP contribution in [0.5, 0.6) is 0 Å². The summed E-state index contributed by atoms with van der Waals surface area (Å²) in [6.45, 7) is 0.303. The Morgan fingerprint density at radius 3 is 2.43 bits per heavy atom. The molecule has 0 spiro atoms. The molecule has 2 unspecified atom stereocenters. The van der Waals surface area contributed by atoms with E-state index in [0.29, 0.717) is 24.3 Å². The van der Waals surface area contributed by atoms with Gasteiger partial charge >= 0.3 is 6.18 Å². The monoisotopic (exact) mass is 427 g/mol. The molecule has 10 heteroatoms. The van der Waals surface area contributed by atoms with Crippen molar-refractivity contribution in [1.82, 2.24) is 5.32 Å². The van der Waals surface area contributed by atoms with Gasteiger partial charge in [-0.1, -0.05) is 0 Å². The summed E-state index contributed by atoms with van der Waals surface area (Å²) in [6.07, 6.45) is -0.0629. The Hall–Kier alpha value is -2.36. The molecule has 7 nitrogen and oxygen atoms in total. The molecule has 5 rings (SSSR count). The van der Waals surface area contributed by atoms with Crippen LogP contribution in [0.2, 0.25) is 0 Å². The van der Waals surface area contributed by atoms with Gasteiger partial charge < -0.3 is 15.7 Å². The summed E-state index contributed by atoms with van der Waals surface area (Å²) in [7, 11) is 0. The summed E-state index contributed by atoms with van der Waals surface area (Å²) in [5, 5.41) is 27.5. The molecule has 0 saturated heterocycles. The summed E-state index contributed by atoms with van der Waals surface area (Å²) >= 11 is 0. The van der Waals surface area contributed by atoms with E-state index in [-0.39, 0.29) is 24.7 Å². The number of benzene rings is 1. The van der Waals surface area contributed by atoms with Crippen LogP contribution >= 0.6 is 0 Å². The molecule has 164 valence electrons. The Bertz CT molecular complexity index is 859. The van der Waals surface area contributed by atoms with E-state index in [2.05, 4.69) is 10.6 Å². The van der Waals surface area contributed by atoms with Gasteiger partial charge in [-0.05, 0) is 62.5 Å². The lowest BCUT2D eigenvalue weighted by Gasteiger charge is -2.59. The third-order valence-corrected chi connectivity index (χ3v) is 6.76. The van der Waals surface area contributed by atoms with Crippen LogP contribution in [0.3, 0.4) is 0 Å². The van der Waals surface area contributed by atoms with Crippen LogP contribution in [0.4, 0.5) is 24.5 Å². The van der Waals surface area contributed by atoms with E-state index in [1.54, 1.807) is 0 Å². The second-order valence-electron chi connectivity index (χ2n) is 9.14. The summed E-state index contributed by atoms with van der Waals surface area (Å²) in [6, 6.07) is 2.30. The second-order valence-corrected chi connectivity index (χ2v) is 9.14. The molecule has 4 aliphatic rings.